The van der Waals surface area contributed by atoms with Gasteiger partial charge in [0.05, 0.1) is 12.3 Å². The number of amides is 2. The van der Waals surface area contributed by atoms with Crippen molar-refractivity contribution in [3.8, 4) is 6.07 Å². The van der Waals surface area contributed by atoms with Gasteiger partial charge in [-0.1, -0.05) is 35.9 Å². The SMILES string of the molecule is COCCNC(=O)C(C#N)=C1N=C(NC(=O)c2ccc(Cl)cc2)c2ccccc21. The number of carbonyl (C=O) groups excluding carboxylic acids is 2. The summed E-state index contributed by atoms with van der Waals surface area (Å²) in [5.74, 6) is -0.657. The van der Waals surface area contributed by atoms with Gasteiger partial charge in [-0.3, -0.25) is 9.59 Å². The first-order chi connectivity index (χ1) is 14.0. The molecule has 1 heterocycles. The predicted octanol–water partition coefficient (Wildman–Crippen LogP) is 2.53. The molecule has 8 heteroatoms. The minimum absolute atomic E-state index is 0.135. The molecule has 2 N–H and O–H groups in total. The summed E-state index contributed by atoms with van der Waals surface area (Å²) in [6.45, 7) is 0.585. The molecule has 0 spiro atoms. The number of aliphatic imine (C=N–C) groups is 1. The number of nitrogens with one attached hydrogen (secondary N) is 2. The molecule has 3 rings (SSSR count). The Labute approximate surface area is 172 Å². The van der Waals surface area contributed by atoms with Crippen molar-refractivity contribution in [2.45, 2.75) is 0 Å². The molecule has 29 heavy (non-hydrogen) atoms. The molecule has 0 radical (unpaired) electrons. The lowest BCUT2D eigenvalue weighted by atomic mass is 10.0. The molecule has 0 atom stereocenters. The lowest BCUT2D eigenvalue weighted by Gasteiger charge is -2.06. The van der Waals surface area contributed by atoms with Gasteiger partial charge in [0.1, 0.15) is 17.5 Å². The number of hydrogen-bond acceptors (Lipinski definition) is 5. The fraction of sp³-hybridized carbons (Fsp3) is 0.143. The van der Waals surface area contributed by atoms with E-state index in [0.29, 0.717) is 28.3 Å². The van der Waals surface area contributed by atoms with E-state index in [1.807, 2.05) is 6.07 Å². The van der Waals surface area contributed by atoms with Crippen molar-refractivity contribution in [3.63, 3.8) is 0 Å². The minimum atomic E-state index is -0.552. The zero-order valence-electron chi connectivity index (χ0n) is 15.5. The fourth-order valence-corrected chi connectivity index (χ4v) is 2.89. The van der Waals surface area contributed by atoms with E-state index in [2.05, 4.69) is 15.6 Å². The van der Waals surface area contributed by atoms with Gasteiger partial charge in [0.2, 0.25) is 0 Å². The molecule has 2 amide bonds. The van der Waals surface area contributed by atoms with Gasteiger partial charge in [-0.2, -0.15) is 5.26 Å². The largest absolute Gasteiger partial charge is 0.383 e. The first-order valence-corrected chi connectivity index (χ1v) is 9.10. The highest BCUT2D eigenvalue weighted by atomic mass is 35.5. The zero-order valence-corrected chi connectivity index (χ0v) is 16.3. The molecule has 0 aromatic heterocycles. The fourth-order valence-electron chi connectivity index (χ4n) is 2.76. The van der Waals surface area contributed by atoms with Crippen LogP contribution in [0, 0.1) is 11.3 Å². The van der Waals surface area contributed by atoms with E-state index in [1.165, 1.54) is 7.11 Å². The van der Waals surface area contributed by atoms with Crippen LogP contribution in [-0.2, 0) is 9.53 Å². The van der Waals surface area contributed by atoms with Crippen LogP contribution in [0.5, 0.6) is 0 Å². The van der Waals surface area contributed by atoms with Crippen LogP contribution in [0.3, 0.4) is 0 Å². The molecule has 0 bridgehead atoms. The number of ether oxygens (including phenoxy) is 1. The van der Waals surface area contributed by atoms with Gasteiger partial charge in [-0.05, 0) is 24.3 Å². The van der Waals surface area contributed by atoms with Gasteiger partial charge >= 0.3 is 0 Å². The molecule has 1 aliphatic heterocycles. The summed E-state index contributed by atoms with van der Waals surface area (Å²) >= 11 is 5.86. The summed E-state index contributed by atoms with van der Waals surface area (Å²) in [5.41, 5.74) is 1.71. The van der Waals surface area contributed by atoms with Crippen LogP contribution in [0.4, 0.5) is 0 Å². The lowest BCUT2D eigenvalue weighted by molar-refractivity contribution is -0.117. The third-order valence-electron chi connectivity index (χ3n) is 4.17. The highest BCUT2D eigenvalue weighted by Gasteiger charge is 2.27. The first-order valence-electron chi connectivity index (χ1n) is 8.72. The van der Waals surface area contributed by atoms with E-state index in [-0.39, 0.29) is 29.6 Å². The quantitative estimate of drug-likeness (QED) is 0.450. The van der Waals surface area contributed by atoms with Crippen LogP contribution >= 0.6 is 11.6 Å². The molecule has 2 aromatic carbocycles. The molecule has 0 saturated heterocycles. The van der Waals surface area contributed by atoms with Gasteiger partial charge in [0.25, 0.3) is 11.8 Å². The Hall–Kier alpha value is -3.47. The summed E-state index contributed by atoms with van der Waals surface area (Å²) < 4.78 is 4.90. The van der Waals surface area contributed by atoms with Gasteiger partial charge in [-0.25, -0.2) is 4.99 Å². The van der Waals surface area contributed by atoms with E-state index < -0.39 is 5.91 Å². The minimum Gasteiger partial charge on any atom is -0.383 e. The van der Waals surface area contributed by atoms with Crippen LogP contribution in [0.15, 0.2) is 59.1 Å². The molecule has 0 saturated carbocycles. The Balaban J connectivity index is 1.94. The number of carbonyl (C=O) groups is 2. The number of nitriles is 1. The summed E-state index contributed by atoms with van der Waals surface area (Å²) in [7, 11) is 1.52. The predicted molar refractivity (Wildman–Crippen MR) is 109 cm³/mol. The number of hydrogen-bond donors (Lipinski definition) is 2. The standard InChI is InChI=1S/C21H17ClN4O3/c1-29-11-10-24-21(28)17(12-23)18-15-4-2-3-5-16(15)19(25-18)26-20(27)13-6-8-14(22)9-7-13/h2-9H,10-11H2,1H3,(H,24,28)(H,25,26,27). The Morgan fingerprint density at radius 1 is 1.14 bits per heavy atom. The van der Waals surface area contributed by atoms with Crippen molar-refractivity contribution in [3.05, 3.63) is 75.8 Å². The topological polar surface area (TPSA) is 104 Å². The van der Waals surface area contributed by atoms with E-state index in [9.17, 15) is 14.9 Å². The maximum atomic E-state index is 12.6. The number of benzene rings is 2. The number of nitrogens with zero attached hydrogens (tertiary/aromatic N) is 2. The zero-order chi connectivity index (χ0) is 20.8. The molecule has 7 nitrogen and oxygen atoms in total. The lowest BCUT2D eigenvalue weighted by Crippen LogP contribution is -2.30. The maximum Gasteiger partial charge on any atom is 0.264 e. The average Bonchev–Trinajstić information content (AvgIpc) is 3.07. The van der Waals surface area contributed by atoms with Crippen molar-refractivity contribution in [2.24, 2.45) is 4.99 Å². The monoisotopic (exact) mass is 408 g/mol. The highest BCUT2D eigenvalue weighted by molar-refractivity contribution is 6.30. The molecule has 0 unspecified atom stereocenters. The third kappa shape index (κ3) is 4.51. The highest BCUT2D eigenvalue weighted by Crippen LogP contribution is 2.30. The Morgan fingerprint density at radius 2 is 1.83 bits per heavy atom. The Kier molecular flexibility index (Phi) is 6.39. The number of fused-ring (bicyclic) bond motifs is 1. The number of amidine groups is 1. The molecular formula is C21H17ClN4O3. The molecule has 1 aliphatic rings. The third-order valence-corrected chi connectivity index (χ3v) is 4.42. The van der Waals surface area contributed by atoms with Crippen molar-refractivity contribution in [1.29, 1.82) is 5.26 Å². The van der Waals surface area contributed by atoms with Crippen LogP contribution in [0.1, 0.15) is 21.5 Å². The Bertz CT molecular complexity index is 1050. The summed E-state index contributed by atoms with van der Waals surface area (Å²) in [6.07, 6.45) is 0. The molecule has 0 aliphatic carbocycles. The number of rotatable bonds is 5. The smallest absolute Gasteiger partial charge is 0.264 e. The second-order valence-corrected chi connectivity index (χ2v) is 6.49. The summed E-state index contributed by atoms with van der Waals surface area (Å²) in [5, 5.41) is 15.4. The van der Waals surface area contributed by atoms with Crippen molar-refractivity contribution in [2.75, 3.05) is 20.3 Å². The van der Waals surface area contributed by atoms with Crippen molar-refractivity contribution in [1.82, 2.24) is 10.6 Å². The normalized spacial score (nSPS) is 13.8. The number of methoxy groups -OCH3 is 1. The van der Waals surface area contributed by atoms with Crippen LogP contribution in [-0.4, -0.2) is 37.9 Å². The van der Waals surface area contributed by atoms with E-state index in [4.69, 9.17) is 16.3 Å². The molecule has 0 fully saturated rings. The molecule has 146 valence electrons. The van der Waals surface area contributed by atoms with E-state index >= 15 is 0 Å². The van der Waals surface area contributed by atoms with Gasteiger partial charge < -0.3 is 15.4 Å². The van der Waals surface area contributed by atoms with E-state index in [0.717, 1.165) is 0 Å². The average molecular weight is 409 g/mol. The summed E-state index contributed by atoms with van der Waals surface area (Å²) in [4.78, 5) is 29.4. The second-order valence-electron chi connectivity index (χ2n) is 6.05. The van der Waals surface area contributed by atoms with Crippen LogP contribution < -0.4 is 10.6 Å². The molecular weight excluding hydrogens is 392 g/mol. The number of halogens is 1. The van der Waals surface area contributed by atoms with E-state index in [1.54, 1.807) is 48.5 Å². The Morgan fingerprint density at radius 3 is 2.48 bits per heavy atom. The van der Waals surface area contributed by atoms with Gasteiger partial charge in [-0.15, -0.1) is 0 Å². The van der Waals surface area contributed by atoms with Crippen LogP contribution in [0.2, 0.25) is 5.02 Å². The van der Waals surface area contributed by atoms with Gasteiger partial charge in [0, 0.05) is 35.4 Å². The molecule has 2 aromatic rings. The van der Waals surface area contributed by atoms with Crippen LogP contribution in [0.25, 0.3) is 5.70 Å². The first kappa shape index (κ1) is 20.3. The van der Waals surface area contributed by atoms with Gasteiger partial charge in [0.15, 0.2) is 0 Å². The second kappa shape index (κ2) is 9.15. The summed E-state index contributed by atoms with van der Waals surface area (Å²) in [6, 6.07) is 15.4. The maximum absolute atomic E-state index is 12.6. The van der Waals surface area contributed by atoms with Crippen molar-refractivity contribution < 1.29 is 14.3 Å². The van der Waals surface area contributed by atoms with Crippen molar-refractivity contribution >= 4 is 34.9 Å².